The number of nitrogens with zero attached hydrogens (tertiary/aromatic N) is 1. The molecule has 7 heteroatoms. The Labute approximate surface area is 122 Å². The molecule has 2 N–H and O–H groups in total. The molecular formula is C14H18N2O5. The third kappa shape index (κ3) is 3.85. The zero-order valence-corrected chi connectivity index (χ0v) is 11.8. The predicted molar refractivity (Wildman–Crippen MR) is 75.1 cm³/mol. The maximum Gasteiger partial charge on any atom is 0.337 e. The summed E-state index contributed by atoms with van der Waals surface area (Å²) in [7, 11) is 1.30. The van der Waals surface area contributed by atoms with Gasteiger partial charge in [-0.05, 0) is 18.2 Å². The molecule has 1 fully saturated rings. The number of carbonyl (C=O) groups excluding carboxylic acids is 2. The minimum Gasteiger partial charge on any atom is -0.482 e. The number of hydrogen-bond donors (Lipinski definition) is 1. The Morgan fingerprint density at radius 3 is 2.67 bits per heavy atom. The number of rotatable bonds is 4. The van der Waals surface area contributed by atoms with Crippen molar-refractivity contribution in [1.82, 2.24) is 4.90 Å². The number of carbonyl (C=O) groups is 2. The third-order valence-corrected chi connectivity index (χ3v) is 3.15. The number of morpholine rings is 1. The standard InChI is InChI=1S/C14H18N2O5/c1-19-14(18)10-2-3-12(11(15)8-10)21-9-13(17)16-4-6-20-7-5-16/h2-3,8H,4-7,9,15H2,1H3. The van der Waals surface area contributed by atoms with E-state index in [-0.39, 0.29) is 18.2 Å². The molecule has 1 aliphatic rings. The van der Waals surface area contributed by atoms with Gasteiger partial charge in [-0.1, -0.05) is 0 Å². The Morgan fingerprint density at radius 1 is 1.33 bits per heavy atom. The highest BCUT2D eigenvalue weighted by molar-refractivity contribution is 5.91. The molecule has 114 valence electrons. The minimum absolute atomic E-state index is 0.0955. The Morgan fingerprint density at radius 2 is 2.05 bits per heavy atom. The second-order valence-electron chi connectivity index (χ2n) is 4.53. The van der Waals surface area contributed by atoms with Gasteiger partial charge in [0, 0.05) is 13.1 Å². The van der Waals surface area contributed by atoms with E-state index in [9.17, 15) is 9.59 Å². The van der Waals surface area contributed by atoms with Crippen LogP contribution in [0.15, 0.2) is 18.2 Å². The fraction of sp³-hybridized carbons (Fsp3) is 0.429. The number of ether oxygens (including phenoxy) is 3. The van der Waals surface area contributed by atoms with Gasteiger partial charge in [-0.15, -0.1) is 0 Å². The van der Waals surface area contributed by atoms with Gasteiger partial charge in [0.2, 0.25) is 0 Å². The van der Waals surface area contributed by atoms with Crippen molar-refractivity contribution in [1.29, 1.82) is 0 Å². The van der Waals surface area contributed by atoms with Gasteiger partial charge in [0.05, 0.1) is 31.6 Å². The van der Waals surface area contributed by atoms with Gasteiger partial charge >= 0.3 is 5.97 Å². The predicted octanol–water partition coefficient (Wildman–Crippen LogP) is 0.293. The summed E-state index contributed by atoms with van der Waals surface area (Å²) >= 11 is 0. The van der Waals surface area contributed by atoms with Crippen molar-refractivity contribution >= 4 is 17.6 Å². The average molecular weight is 294 g/mol. The lowest BCUT2D eigenvalue weighted by Gasteiger charge is -2.26. The van der Waals surface area contributed by atoms with Crippen LogP contribution in [0.3, 0.4) is 0 Å². The lowest BCUT2D eigenvalue weighted by molar-refractivity contribution is -0.137. The highest BCUT2D eigenvalue weighted by Gasteiger charge is 2.17. The minimum atomic E-state index is -0.474. The second-order valence-corrected chi connectivity index (χ2v) is 4.53. The Bertz CT molecular complexity index is 526. The van der Waals surface area contributed by atoms with Crippen LogP contribution < -0.4 is 10.5 Å². The molecule has 0 bridgehead atoms. The topological polar surface area (TPSA) is 91.1 Å². The van der Waals surface area contributed by atoms with Gasteiger partial charge in [0.15, 0.2) is 6.61 Å². The van der Waals surface area contributed by atoms with E-state index in [1.165, 1.54) is 19.2 Å². The summed E-state index contributed by atoms with van der Waals surface area (Å²) in [6, 6.07) is 4.55. The SMILES string of the molecule is COC(=O)c1ccc(OCC(=O)N2CCOCC2)c(N)c1. The highest BCUT2D eigenvalue weighted by Crippen LogP contribution is 2.23. The largest absolute Gasteiger partial charge is 0.482 e. The van der Waals surface area contributed by atoms with Crippen molar-refractivity contribution < 1.29 is 23.8 Å². The van der Waals surface area contributed by atoms with Crippen LogP contribution in [0, 0.1) is 0 Å². The molecule has 1 aromatic carbocycles. The summed E-state index contributed by atoms with van der Waals surface area (Å²) in [5.41, 5.74) is 6.42. The molecule has 1 saturated heterocycles. The molecule has 1 heterocycles. The van der Waals surface area contributed by atoms with E-state index < -0.39 is 5.97 Å². The first kappa shape index (κ1) is 15.1. The second kappa shape index (κ2) is 6.94. The fourth-order valence-electron chi connectivity index (χ4n) is 1.97. The summed E-state index contributed by atoms with van der Waals surface area (Å²) < 4.78 is 15.2. The zero-order chi connectivity index (χ0) is 15.2. The molecule has 0 saturated carbocycles. The van der Waals surface area contributed by atoms with Crippen LogP contribution >= 0.6 is 0 Å². The molecule has 1 amide bonds. The van der Waals surface area contributed by atoms with Crippen LogP contribution in [0.1, 0.15) is 10.4 Å². The van der Waals surface area contributed by atoms with E-state index in [2.05, 4.69) is 4.74 Å². The van der Waals surface area contributed by atoms with Crippen molar-refractivity contribution in [3.8, 4) is 5.75 Å². The van der Waals surface area contributed by atoms with Crippen LogP contribution in [0.4, 0.5) is 5.69 Å². The highest BCUT2D eigenvalue weighted by atomic mass is 16.5. The fourth-order valence-corrected chi connectivity index (χ4v) is 1.97. The Kier molecular flexibility index (Phi) is 4.99. The lowest BCUT2D eigenvalue weighted by atomic mass is 10.2. The first-order chi connectivity index (χ1) is 10.1. The molecule has 7 nitrogen and oxygen atoms in total. The van der Waals surface area contributed by atoms with Crippen LogP contribution in [-0.4, -0.2) is 56.8 Å². The van der Waals surface area contributed by atoms with Crippen LogP contribution in [0.2, 0.25) is 0 Å². The quantitative estimate of drug-likeness (QED) is 0.634. The first-order valence-electron chi connectivity index (χ1n) is 6.58. The molecule has 0 atom stereocenters. The molecule has 21 heavy (non-hydrogen) atoms. The van der Waals surface area contributed by atoms with E-state index in [1.807, 2.05) is 0 Å². The number of benzene rings is 1. The molecule has 0 aliphatic carbocycles. The third-order valence-electron chi connectivity index (χ3n) is 3.15. The van der Waals surface area contributed by atoms with Gasteiger partial charge in [-0.25, -0.2) is 4.79 Å². The number of hydrogen-bond acceptors (Lipinski definition) is 6. The number of methoxy groups -OCH3 is 1. The lowest BCUT2D eigenvalue weighted by Crippen LogP contribution is -2.43. The van der Waals surface area contributed by atoms with Crippen LogP contribution in [0.5, 0.6) is 5.75 Å². The summed E-state index contributed by atoms with van der Waals surface area (Å²) in [6.07, 6.45) is 0. The van der Waals surface area contributed by atoms with E-state index in [1.54, 1.807) is 11.0 Å². The van der Waals surface area contributed by atoms with Crippen molar-refractivity contribution in [3.05, 3.63) is 23.8 Å². The first-order valence-corrected chi connectivity index (χ1v) is 6.58. The summed E-state index contributed by atoms with van der Waals surface area (Å²) in [5.74, 6) is -0.225. The van der Waals surface area contributed by atoms with Gasteiger partial charge in [0.25, 0.3) is 5.91 Å². The van der Waals surface area contributed by atoms with Gasteiger partial charge in [-0.2, -0.15) is 0 Å². The zero-order valence-electron chi connectivity index (χ0n) is 11.8. The maximum atomic E-state index is 11.9. The average Bonchev–Trinajstić information content (AvgIpc) is 2.53. The molecule has 2 rings (SSSR count). The molecule has 1 aliphatic heterocycles. The van der Waals surface area contributed by atoms with Crippen molar-refractivity contribution in [2.45, 2.75) is 0 Å². The molecule has 0 aromatic heterocycles. The summed E-state index contributed by atoms with van der Waals surface area (Å²) in [6.45, 7) is 2.13. The summed E-state index contributed by atoms with van der Waals surface area (Å²) in [5, 5.41) is 0. The molecule has 1 aromatic rings. The number of amides is 1. The van der Waals surface area contributed by atoms with E-state index in [4.69, 9.17) is 15.2 Å². The molecule has 0 radical (unpaired) electrons. The van der Waals surface area contributed by atoms with Crippen LogP contribution in [-0.2, 0) is 14.3 Å². The van der Waals surface area contributed by atoms with Gasteiger partial charge < -0.3 is 24.8 Å². The Hall–Kier alpha value is -2.28. The van der Waals surface area contributed by atoms with E-state index in [0.717, 1.165) is 0 Å². The van der Waals surface area contributed by atoms with Crippen molar-refractivity contribution in [3.63, 3.8) is 0 Å². The monoisotopic (exact) mass is 294 g/mol. The van der Waals surface area contributed by atoms with Crippen molar-refractivity contribution in [2.24, 2.45) is 0 Å². The van der Waals surface area contributed by atoms with Crippen LogP contribution in [0.25, 0.3) is 0 Å². The number of nitrogens with two attached hydrogens (primary N) is 1. The van der Waals surface area contributed by atoms with Crippen molar-refractivity contribution in [2.75, 3.05) is 45.8 Å². The van der Waals surface area contributed by atoms with Gasteiger partial charge in [-0.3, -0.25) is 4.79 Å². The maximum absolute atomic E-state index is 11.9. The number of esters is 1. The normalized spacial score (nSPS) is 14.6. The van der Waals surface area contributed by atoms with E-state index >= 15 is 0 Å². The molecule has 0 unspecified atom stereocenters. The molecular weight excluding hydrogens is 276 g/mol. The number of anilines is 1. The Balaban J connectivity index is 1.93. The smallest absolute Gasteiger partial charge is 0.337 e. The summed E-state index contributed by atoms with van der Waals surface area (Å²) in [4.78, 5) is 25.0. The van der Waals surface area contributed by atoms with E-state index in [0.29, 0.717) is 37.6 Å². The van der Waals surface area contributed by atoms with Gasteiger partial charge in [0.1, 0.15) is 5.75 Å². The molecule has 0 spiro atoms. The number of nitrogen functional groups attached to an aromatic ring is 1.